The lowest BCUT2D eigenvalue weighted by molar-refractivity contribution is -0.151. The van der Waals surface area contributed by atoms with Gasteiger partial charge in [-0.1, -0.05) is 133 Å². The number of hydrogen-bond acceptors (Lipinski definition) is 15. The van der Waals surface area contributed by atoms with Crippen LogP contribution in [0.15, 0.2) is 91.0 Å². The van der Waals surface area contributed by atoms with Crippen molar-refractivity contribution in [3.8, 4) is 0 Å². The number of benzene rings is 3. The molecule has 0 unspecified atom stereocenters. The van der Waals surface area contributed by atoms with Gasteiger partial charge >= 0.3 is 0 Å². The molecule has 2 fully saturated rings. The van der Waals surface area contributed by atoms with E-state index in [0.29, 0.717) is 37.1 Å². The molecular formula is C78H118N12O15. The summed E-state index contributed by atoms with van der Waals surface area (Å²) in [5, 5.41) is 22.5. The summed E-state index contributed by atoms with van der Waals surface area (Å²) in [7, 11) is 9.73. The third-order valence-electron chi connectivity index (χ3n) is 19.1. The fraction of sp³-hybridized carbons (Fsp3) is 0.615. The average molecular weight is 1460 g/mol. The molecule has 3 aromatic rings. The normalized spacial score (nSPS) is 23.9. The fourth-order valence-corrected chi connectivity index (χ4v) is 12.7. The molecule has 12 amide bonds. The highest BCUT2D eigenvalue weighted by Gasteiger charge is 2.43. The van der Waals surface area contributed by atoms with Crippen LogP contribution in [0, 0.1) is 17.8 Å². The van der Waals surface area contributed by atoms with E-state index in [1.54, 1.807) is 86.3 Å². The number of rotatable bonds is 18. The molecule has 3 aromatic carbocycles. The SMILES string of the molecule is CC(C)C[C@H]1C(=O)N[C@@H]([C@@H](C)O)C(=O)N(C)CC(=O)N(C)[C@@H](Cc2ccccc2)C(=O)N(C)[C@@H](CC(C)C)C(=O)N[C@@H](COC(C)(C)C)C(=O)N(C)[C@@H](CC(C)C)C(=O)N[C@H](C(=O)N2CCCCC2)CC(=O)N(C)CCC(=O)N(C)[C@@H](Cc2ccccc2)C(=O)N[C@@H](COCc2ccccc2)C(=O)N1C. The van der Waals surface area contributed by atoms with E-state index in [0.717, 1.165) is 21.8 Å². The van der Waals surface area contributed by atoms with Crippen LogP contribution in [0.5, 0.6) is 0 Å². The van der Waals surface area contributed by atoms with Gasteiger partial charge in [0.15, 0.2) is 0 Å². The van der Waals surface area contributed by atoms with Crippen LogP contribution in [0.3, 0.4) is 0 Å². The van der Waals surface area contributed by atoms with Gasteiger partial charge in [0.1, 0.15) is 54.4 Å². The summed E-state index contributed by atoms with van der Waals surface area (Å²) in [6.45, 7) is 16.6. The maximum Gasteiger partial charge on any atom is 0.248 e. The molecule has 105 heavy (non-hydrogen) atoms. The molecule has 0 aromatic heterocycles. The first-order valence-corrected chi connectivity index (χ1v) is 36.7. The molecule has 2 aliphatic rings. The number of nitrogens with zero attached hydrogens (tertiary/aromatic N) is 8. The predicted octanol–water partition coefficient (Wildman–Crippen LogP) is 3.82. The van der Waals surface area contributed by atoms with Crippen LogP contribution in [-0.2, 0) is 86.5 Å². The minimum Gasteiger partial charge on any atom is -0.391 e. The van der Waals surface area contributed by atoms with Crippen molar-refractivity contribution in [2.45, 2.75) is 206 Å². The molecule has 0 spiro atoms. The molecule has 5 rings (SSSR count). The average Bonchev–Trinajstić information content (AvgIpc) is 0.827. The Labute approximate surface area is 621 Å². The number of amides is 12. The monoisotopic (exact) mass is 1460 g/mol. The number of ether oxygens (including phenoxy) is 2. The van der Waals surface area contributed by atoms with E-state index < -0.39 is 163 Å². The topological polar surface area (TPSA) is 318 Å². The highest BCUT2D eigenvalue weighted by molar-refractivity contribution is 5.99. The molecule has 10 atom stereocenters. The van der Waals surface area contributed by atoms with E-state index in [4.69, 9.17) is 9.47 Å². The van der Waals surface area contributed by atoms with E-state index in [-0.39, 0.29) is 69.4 Å². The molecule has 0 radical (unpaired) electrons. The van der Waals surface area contributed by atoms with Crippen molar-refractivity contribution in [3.63, 3.8) is 0 Å². The number of nitrogens with one attached hydrogen (secondary N) is 4. The number of likely N-dealkylation sites (N-methyl/N-ethyl adjacent to an activating group) is 6. The molecular weight excluding hydrogens is 1340 g/mol. The molecule has 0 saturated carbocycles. The van der Waals surface area contributed by atoms with Gasteiger partial charge in [0, 0.05) is 88.2 Å². The molecule has 27 heteroatoms. The third kappa shape index (κ3) is 26.6. The number of carbonyl (C=O) groups excluding carboxylic acids is 12. The first-order chi connectivity index (χ1) is 49.4. The van der Waals surface area contributed by atoms with Crippen molar-refractivity contribution < 1.29 is 72.1 Å². The Hall–Kier alpha value is -8.82. The third-order valence-corrected chi connectivity index (χ3v) is 19.1. The van der Waals surface area contributed by atoms with Crippen LogP contribution >= 0.6 is 0 Å². The van der Waals surface area contributed by atoms with Crippen molar-refractivity contribution >= 4 is 70.9 Å². The van der Waals surface area contributed by atoms with Gasteiger partial charge in [-0.05, 0) is 101 Å². The quantitative estimate of drug-likeness (QED) is 0.121. The first-order valence-electron chi connectivity index (χ1n) is 36.7. The Morgan fingerprint density at radius 2 is 0.886 bits per heavy atom. The van der Waals surface area contributed by atoms with Gasteiger partial charge in [-0.3, -0.25) is 57.5 Å². The summed E-state index contributed by atoms with van der Waals surface area (Å²) in [4.78, 5) is 189. The Kier molecular flexibility index (Phi) is 34.1. The minimum absolute atomic E-state index is 0.00578. The van der Waals surface area contributed by atoms with Crippen molar-refractivity contribution in [2.75, 3.05) is 88.7 Å². The van der Waals surface area contributed by atoms with Crippen molar-refractivity contribution in [3.05, 3.63) is 108 Å². The van der Waals surface area contributed by atoms with Crippen LogP contribution in [0.2, 0.25) is 0 Å². The second kappa shape index (κ2) is 41.2. The Balaban J connectivity index is 1.67. The van der Waals surface area contributed by atoms with Crippen molar-refractivity contribution in [1.29, 1.82) is 0 Å². The number of hydrogen-bond donors (Lipinski definition) is 5. The zero-order valence-electron chi connectivity index (χ0n) is 64.9. The smallest absolute Gasteiger partial charge is 0.248 e. The highest BCUT2D eigenvalue weighted by Crippen LogP contribution is 2.23. The summed E-state index contributed by atoms with van der Waals surface area (Å²) in [5.41, 5.74) is 1.17. The fourth-order valence-electron chi connectivity index (χ4n) is 12.7. The van der Waals surface area contributed by atoms with Gasteiger partial charge in [-0.15, -0.1) is 0 Å². The van der Waals surface area contributed by atoms with Crippen LogP contribution in [0.25, 0.3) is 0 Å². The maximum atomic E-state index is 15.4. The van der Waals surface area contributed by atoms with E-state index >= 15 is 28.8 Å². The number of likely N-dealkylation sites (tertiary alicyclic amines) is 1. The summed E-state index contributed by atoms with van der Waals surface area (Å²) >= 11 is 0. The number of aliphatic hydroxyl groups is 1. The van der Waals surface area contributed by atoms with Gasteiger partial charge in [-0.25, -0.2) is 0 Å². The molecule has 5 N–H and O–H groups in total. The van der Waals surface area contributed by atoms with E-state index in [1.807, 2.05) is 71.9 Å². The first kappa shape index (κ1) is 86.8. The van der Waals surface area contributed by atoms with Crippen LogP contribution in [0.4, 0.5) is 0 Å². The Morgan fingerprint density at radius 1 is 0.467 bits per heavy atom. The van der Waals surface area contributed by atoms with E-state index in [1.165, 1.54) is 80.8 Å². The molecule has 27 nitrogen and oxygen atoms in total. The van der Waals surface area contributed by atoms with E-state index in [2.05, 4.69) is 21.3 Å². The molecule has 0 aliphatic carbocycles. The largest absolute Gasteiger partial charge is 0.391 e. The van der Waals surface area contributed by atoms with Gasteiger partial charge in [0.2, 0.25) is 70.9 Å². The number of piperidine rings is 1. The summed E-state index contributed by atoms with van der Waals surface area (Å²) in [5.74, 6) is -9.49. The van der Waals surface area contributed by atoms with Crippen molar-refractivity contribution in [1.82, 2.24) is 60.5 Å². The maximum absolute atomic E-state index is 15.4. The molecule has 2 heterocycles. The highest BCUT2D eigenvalue weighted by atomic mass is 16.5. The zero-order valence-corrected chi connectivity index (χ0v) is 64.9. The molecule has 0 bridgehead atoms. The second-order valence-corrected chi connectivity index (χ2v) is 30.4. The summed E-state index contributed by atoms with van der Waals surface area (Å²) < 4.78 is 12.3. The minimum atomic E-state index is -1.70. The standard InChI is InChI=1S/C78H118N12O15/c1-50(2)40-60-69(95)79-57(75(101)90-37-28-21-29-38-90)45-66(93)83(11)39-36-65(92)85(13)63(43-54-30-22-18-23-31-54)71(97)80-58(48-104-47-56-34-26-20-27-35-56)73(99)88(16)62(42-52(5)6)72(98)82-68(53(7)91)77(103)84(12)46-67(94)86(14)64(44-55-32-24-19-25-33-55)76(102)89(17)61(41-51(3)4)70(96)81-59(74(100)87(60)15)49-105-78(8,9)10/h18-20,22-27,30-35,50-53,57-64,68,91H,21,28-29,36-49H2,1-17H3,(H,79,95)(H,80,97)(H,81,96)(H,82,98)/t53-,57+,58+,59+,60+,61+,62+,63+,64+,68+/m1/s1. The lowest BCUT2D eigenvalue weighted by Gasteiger charge is -2.37. The number of carbonyl (C=O) groups is 12. The number of aliphatic hydroxyl groups excluding tert-OH is 1. The summed E-state index contributed by atoms with van der Waals surface area (Å²) in [6.07, 6.45) is -0.190. The lowest BCUT2D eigenvalue weighted by Crippen LogP contribution is -2.62. The Morgan fingerprint density at radius 3 is 1.35 bits per heavy atom. The zero-order chi connectivity index (χ0) is 78.2. The van der Waals surface area contributed by atoms with Gasteiger partial charge in [0.05, 0.1) is 44.5 Å². The molecule has 580 valence electrons. The predicted molar refractivity (Wildman–Crippen MR) is 398 cm³/mol. The summed E-state index contributed by atoms with van der Waals surface area (Å²) in [6, 6.07) is 14.1. The van der Waals surface area contributed by atoms with Gasteiger partial charge in [-0.2, -0.15) is 0 Å². The lowest BCUT2D eigenvalue weighted by atomic mass is 9.98. The van der Waals surface area contributed by atoms with Crippen LogP contribution in [-0.4, -0.2) is 270 Å². The van der Waals surface area contributed by atoms with Crippen LogP contribution in [0.1, 0.15) is 137 Å². The van der Waals surface area contributed by atoms with Crippen molar-refractivity contribution in [2.24, 2.45) is 17.8 Å². The van der Waals surface area contributed by atoms with E-state index in [9.17, 15) is 33.9 Å². The Bertz CT molecular complexity index is 3380. The molecule has 2 saturated heterocycles. The van der Waals surface area contributed by atoms with Gasteiger partial charge < -0.3 is 75.0 Å². The molecule has 2 aliphatic heterocycles. The van der Waals surface area contributed by atoms with Crippen LogP contribution < -0.4 is 21.3 Å². The second-order valence-electron chi connectivity index (χ2n) is 30.4. The van der Waals surface area contributed by atoms with Gasteiger partial charge in [0.25, 0.3) is 0 Å².